The van der Waals surface area contributed by atoms with Crippen molar-refractivity contribution >= 4 is 34.8 Å². The summed E-state index contributed by atoms with van der Waals surface area (Å²) in [5.74, 6) is 0. The zero-order valence-electron chi connectivity index (χ0n) is 7.21. The third-order valence-electron chi connectivity index (χ3n) is 1.81. The molecule has 0 saturated heterocycles. The Morgan fingerprint density at radius 3 is 2.36 bits per heavy atom. The molecule has 1 unspecified atom stereocenters. The van der Waals surface area contributed by atoms with E-state index in [-0.39, 0.29) is 0 Å². The summed E-state index contributed by atoms with van der Waals surface area (Å²) in [6.45, 7) is 0. The lowest BCUT2D eigenvalue weighted by molar-refractivity contribution is 0.774. The third kappa shape index (κ3) is 3.12. The topological polar surface area (TPSA) is 29.4 Å². The van der Waals surface area contributed by atoms with Gasteiger partial charge in [0.1, 0.15) is 0 Å². The number of hydrogen-bond donors (Lipinski definition) is 0. The van der Waals surface area contributed by atoms with Crippen LogP contribution in [0.2, 0.25) is 10.0 Å². The van der Waals surface area contributed by atoms with Crippen molar-refractivity contribution in [2.75, 3.05) is 0 Å². The summed E-state index contributed by atoms with van der Waals surface area (Å²) in [7, 11) is 0. The zero-order chi connectivity index (χ0) is 10.6. The Hall–Kier alpha value is -0.310. The molecule has 14 heavy (non-hydrogen) atoms. The van der Waals surface area contributed by atoms with Crippen molar-refractivity contribution < 1.29 is 0 Å². The molecule has 0 N–H and O–H groups in total. The largest absolute Gasteiger partial charge is 0.165 e. The fourth-order valence-corrected chi connectivity index (χ4v) is 1.78. The van der Waals surface area contributed by atoms with E-state index < -0.39 is 5.50 Å². The molecule has 1 aromatic carbocycles. The van der Waals surface area contributed by atoms with Gasteiger partial charge >= 0.3 is 0 Å². The van der Waals surface area contributed by atoms with Gasteiger partial charge in [-0.25, -0.2) is 0 Å². The van der Waals surface area contributed by atoms with Crippen molar-refractivity contribution in [2.45, 2.75) is 18.3 Å². The van der Waals surface area contributed by atoms with Gasteiger partial charge in [-0.2, -0.15) is 0 Å². The van der Waals surface area contributed by atoms with Gasteiger partial charge in [-0.3, -0.25) is 0 Å². The van der Waals surface area contributed by atoms with Crippen molar-refractivity contribution in [3.05, 3.63) is 38.7 Å². The van der Waals surface area contributed by atoms with E-state index in [1.807, 2.05) is 0 Å². The van der Waals surface area contributed by atoms with E-state index in [1.54, 1.807) is 18.2 Å². The minimum atomic E-state index is -0.720. The Labute approximate surface area is 97.1 Å². The number of nitroso groups, excluding NO2 is 1. The van der Waals surface area contributed by atoms with Crippen molar-refractivity contribution in [3.8, 4) is 0 Å². The first-order valence-electron chi connectivity index (χ1n) is 4.04. The highest BCUT2D eigenvalue weighted by atomic mass is 35.5. The zero-order valence-corrected chi connectivity index (χ0v) is 9.48. The van der Waals surface area contributed by atoms with Gasteiger partial charge in [0.15, 0.2) is 5.50 Å². The molecule has 0 fully saturated rings. The highest BCUT2D eigenvalue weighted by molar-refractivity contribution is 6.36. The molecule has 2 nitrogen and oxygen atoms in total. The lowest BCUT2D eigenvalue weighted by Crippen LogP contribution is -1.97. The van der Waals surface area contributed by atoms with Crippen LogP contribution in [0.5, 0.6) is 0 Å². The van der Waals surface area contributed by atoms with E-state index in [4.69, 9.17) is 34.8 Å². The fourth-order valence-electron chi connectivity index (χ4n) is 1.09. The lowest BCUT2D eigenvalue weighted by atomic mass is 10.1. The second-order valence-electron chi connectivity index (χ2n) is 2.78. The molecule has 1 rings (SSSR count). The number of hydrogen-bond acceptors (Lipinski definition) is 2. The summed E-state index contributed by atoms with van der Waals surface area (Å²) >= 11 is 17.4. The van der Waals surface area contributed by atoms with E-state index in [1.165, 1.54) is 0 Å². The van der Waals surface area contributed by atoms with Crippen molar-refractivity contribution in [1.82, 2.24) is 0 Å². The maximum atomic E-state index is 10.0. The molecule has 0 aliphatic carbocycles. The van der Waals surface area contributed by atoms with Crippen molar-refractivity contribution in [3.63, 3.8) is 0 Å². The van der Waals surface area contributed by atoms with Crippen LogP contribution in [-0.2, 0) is 6.42 Å². The average molecular weight is 253 g/mol. The molecule has 0 aliphatic heterocycles. The van der Waals surface area contributed by atoms with Crippen LogP contribution in [0.25, 0.3) is 0 Å². The molecule has 76 valence electrons. The fraction of sp³-hybridized carbons (Fsp3) is 0.333. The van der Waals surface area contributed by atoms with E-state index in [0.29, 0.717) is 22.9 Å². The molecule has 0 aliphatic rings. The van der Waals surface area contributed by atoms with Crippen LogP contribution in [0.1, 0.15) is 12.0 Å². The summed E-state index contributed by atoms with van der Waals surface area (Å²) in [6, 6.07) is 5.27. The number of rotatable bonds is 4. The molecule has 0 radical (unpaired) electrons. The lowest BCUT2D eigenvalue weighted by Gasteiger charge is -2.06. The Kier molecular flexibility index (Phi) is 4.66. The van der Waals surface area contributed by atoms with Gasteiger partial charge in [0.05, 0.1) is 0 Å². The van der Waals surface area contributed by atoms with Crippen LogP contribution in [0.3, 0.4) is 0 Å². The van der Waals surface area contributed by atoms with Crippen molar-refractivity contribution in [2.24, 2.45) is 5.18 Å². The van der Waals surface area contributed by atoms with Gasteiger partial charge in [-0.15, -0.1) is 4.91 Å². The SMILES string of the molecule is O=NC(Cl)CCc1c(Cl)cccc1Cl. The van der Waals surface area contributed by atoms with Crippen LogP contribution in [0.4, 0.5) is 0 Å². The van der Waals surface area contributed by atoms with Gasteiger partial charge in [-0.05, 0) is 30.5 Å². The van der Waals surface area contributed by atoms with E-state index in [0.717, 1.165) is 5.56 Å². The smallest absolute Gasteiger partial charge is 0.149 e. The molecular formula is C9H8Cl3NO. The van der Waals surface area contributed by atoms with Crippen LogP contribution >= 0.6 is 34.8 Å². The number of benzene rings is 1. The van der Waals surface area contributed by atoms with Crippen LogP contribution in [0, 0.1) is 4.91 Å². The molecule has 0 saturated carbocycles. The van der Waals surface area contributed by atoms with Crippen LogP contribution < -0.4 is 0 Å². The summed E-state index contributed by atoms with van der Waals surface area (Å²) in [5.41, 5.74) is 0.0903. The van der Waals surface area contributed by atoms with E-state index in [9.17, 15) is 4.91 Å². The quantitative estimate of drug-likeness (QED) is 0.447. The maximum absolute atomic E-state index is 10.0. The molecule has 0 bridgehead atoms. The first-order chi connectivity index (χ1) is 6.65. The molecule has 0 amide bonds. The second kappa shape index (κ2) is 5.54. The Balaban J connectivity index is 2.71. The van der Waals surface area contributed by atoms with Gasteiger partial charge in [0.2, 0.25) is 0 Å². The highest BCUT2D eigenvalue weighted by Gasteiger charge is 2.09. The number of halogens is 3. The predicted octanol–water partition coefficient (Wildman–Crippen LogP) is 4.26. The minimum absolute atomic E-state index is 0.439. The van der Waals surface area contributed by atoms with E-state index in [2.05, 4.69) is 5.18 Å². The monoisotopic (exact) mass is 251 g/mol. The minimum Gasteiger partial charge on any atom is -0.149 e. The predicted molar refractivity (Wildman–Crippen MR) is 60.2 cm³/mol. The molecule has 0 aromatic heterocycles. The highest BCUT2D eigenvalue weighted by Crippen LogP contribution is 2.26. The first kappa shape index (κ1) is 11.8. The Bertz CT molecular complexity index is 310. The summed E-state index contributed by atoms with van der Waals surface area (Å²) in [6.07, 6.45) is 0.993. The first-order valence-corrected chi connectivity index (χ1v) is 5.24. The average Bonchev–Trinajstić information content (AvgIpc) is 2.16. The normalized spacial score (nSPS) is 12.5. The Morgan fingerprint density at radius 2 is 1.86 bits per heavy atom. The molecular weight excluding hydrogens is 244 g/mol. The summed E-state index contributed by atoms with van der Waals surface area (Å²) < 4.78 is 0. The molecule has 1 atom stereocenters. The van der Waals surface area contributed by atoms with Crippen LogP contribution in [-0.4, -0.2) is 5.50 Å². The number of nitrogens with zero attached hydrogens (tertiary/aromatic N) is 1. The van der Waals surface area contributed by atoms with Crippen molar-refractivity contribution in [1.29, 1.82) is 0 Å². The summed E-state index contributed by atoms with van der Waals surface area (Å²) in [4.78, 5) is 10.0. The molecule has 5 heteroatoms. The van der Waals surface area contributed by atoms with Gasteiger partial charge in [-0.1, -0.05) is 46.0 Å². The van der Waals surface area contributed by atoms with Crippen LogP contribution in [0.15, 0.2) is 23.4 Å². The third-order valence-corrected chi connectivity index (χ3v) is 2.81. The molecule has 1 aromatic rings. The van der Waals surface area contributed by atoms with Gasteiger partial charge in [0, 0.05) is 10.0 Å². The Morgan fingerprint density at radius 1 is 1.29 bits per heavy atom. The van der Waals surface area contributed by atoms with Gasteiger partial charge in [0.25, 0.3) is 0 Å². The van der Waals surface area contributed by atoms with Gasteiger partial charge < -0.3 is 0 Å². The van der Waals surface area contributed by atoms with E-state index >= 15 is 0 Å². The maximum Gasteiger partial charge on any atom is 0.165 e. The number of alkyl halides is 1. The second-order valence-corrected chi connectivity index (χ2v) is 4.10. The molecule has 0 heterocycles. The molecule has 0 spiro atoms. The standard InChI is InChI=1S/C9H8Cl3NO/c10-7-2-1-3-8(11)6(7)4-5-9(12)13-14/h1-3,9H,4-5H2. The summed E-state index contributed by atoms with van der Waals surface area (Å²) in [5, 5.41) is 3.87.